The molecule has 1 aromatic carbocycles. The maximum absolute atomic E-state index is 2.45. The van der Waals surface area contributed by atoms with Crippen LogP contribution in [0, 0.1) is 35.5 Å². The standard InChI is InChI=1S/C23H32/c1-2-7-16(8-3-1)22-15-18-10-6-12-19(18)21-14-13-17-9-4-5-11-20(17)23(21)22/h1-3,7-8,17-23H,4-6,9-15H2/t17-,18+,19-,20+,21+,22+,23-/m1/s1. The van der Waals surface area contributed by atoms with Gasteiger partial charge in [-0.2, -0.15) is 0 Å². The normalized spacial score (nSPS) is 45.8. The van der Waals surface area contributed by atoms with Crippen LogP contribution in [0.2, 0.25) is 0 Å². The van der Waals surface area contributed by atoms with E-state index in [2.05, 4.69) is 30.3 Å². The molecule has 124 valence electrons. The fraction of sp³-hybridized carbons (Fsp3) is 0.739. The summed E-state index contributed by atoms with van der Waals surface area (Å²) in [5.41, 5.74) is 1.68. The number of hydrogen-bond donors (Lipinski definition) is 0. The van der Waals surface area contributed by atoms with Crippen LogP contribution in [0.3, 0.4) is 0 Å². The van der Waals surface area contributed by atoms with Crippen LogP contribution in [0.25, 0.3) is 0 Å². The highest BCUT2D eigenvalue weighted by atomic mass is 14.6. The molecule has 0 aromatic heterocycles. The third-order valence-electron chi connectivity index (χ3n) is 8.34. The summed E-state index contributed by atoms with van der Waals surface area (Å²) >= 11 is 0. The molecule has 0 heteroatoms. The van der Waals surface area contributed by atoms with Gasteiger partial charge in [0, 0.05) is 0 Å². The van der Waals surface area contributed by atoms with E-state index >= 15 is 0 Å². The van der Waals surface area contributed by atoms with Gasteiger partial charge in [-0.3, -0.25) is 0 Å². The Morgan fingerprint density at radius 2 is 1.39 bits per heavy atom. The average molecular weight is 309 g/mol. The molecule has 4 saturated carbocycles. The second kappa shape index (κ2) is 5.94. The van der Waals surface area contributed by atoms with E-state index in [1.807, 2.05) is 0 Å². The molecular weight excluding hydrogens is 276 g/mol. The van der Waals surface area contributed by atoms with E-state index in [0.29, 0.717) is 0 Å². The van der Waals surface area contributed by atoms with Crippen LogP contribution in [0.1, 0.15) is 75.7 Å². The van der Waals surface area contributed by atoms with E-state index in [1.54, 1.807) is 37.7 Å². The van der Waals surface area contributed by atoms with Crippen molar-refractivity contribution >= 4 is 0 Å². The summed E-state index contributed by atoms with van der Waals surface area (Å²) in [7, 11) is 0. The first kappa shape index (κ1) is 14.6. The van der Waals surface area contributed by atoms with Crippen LogP contribution >= 0.6 is 0 Å². The maximum atomic E-state index is 2.45. The van der Waals surface area contributed by atoms with Gasteiger partial charge in [0.1, 0.15) is 0 Å². The second-order valence-electron chi connectivity index (χ2n) is 9.13. The molecule has 0 saturated heterocycles. The van der Waals surface area contributed by atoms with E-state index in [0.717, 1.165) is 41.4 Å². The Morgan fingerprint density at radius 3 is 2.30 bits per heavy atom. The van der Waals surface area contributed by atoms with Gasteiger partial charge in [-0.25, -0.2) is 0 Å². The molecule has 0 nitrogen and oxygen atoms in total. The van der Waals surface area contributed by atoms with Gasteiger partial charge in [-0.15, -0.1) is 0 Å². The van der Waals surface area contributed by atoms with Crippen molar-refractivity contribution in [3.8, 4) is 0 Å². The molecule has 0 aliphatic heterocycles. The lowest BCUT2D eigenvalue weighted by Crippen LogP contribution is -2.47. The van der Waals surface area contributed by atoms with Gasteiger partial charge in [0.2, 0.25) is 0 Å². The van der Waals surface area contributed by atoms with Crippen LogP contribution in [0.4, 0.5) is 0 Å². The smallest absolute Gasteiger partial charge is 0.0125 e. The van der Waals surface area contributed by atoms with Gasteiger partial charge in [0.25, 0.3) is 0 Å². The summed E-state index contributed by atoms with van der Waals surface area (Å²) in [6.45, 7) is 0. The highest BCUT2D eigenvalue weighted by Crippen LogP contribution is 2.61. The monoisotopic (exact) mass is 308 g/mol. The summed E-state index contributed by atoms with van der Waals surface area (Å²) in [5, 5.41) is 0. The average Bonchev–Trinajstić information content (AvgIpc) is 3.10. The summed E-state index contributed by atoms with van der Waals surface area (Å²) in [6.07, 6.45) is 15.4. The molecule has 0 amide bonds. The Labute approximate surface area is 142 Å². The predicted octanol–water partition coefficient (Wildman–Crippen LogP) is 6.42. The minimum atomic E-state index is 0.881. The van der Waals surface area contributed by atoms with Gasteiger partial charge in [-0.1, -0.05) is 62.4 Å². The van der Waals surface area contributed by atoms with Crippen molar-refractivity contribution in [3.05, 3.63) is 35.9 Å². The summed E-state index contributed by atoms with van der Waals surface area (Å²) < 4.78 is 0. The van der Waals surface area contributed by atoms with Crippen LogP contribution in [-0.4, -0.2) is 0 Å². The zero-order valence-electron chi connectivity index (χ0n) is 14.5. The molecule has 0 radical (unpaired) electrons. The third kappa shape index (κ3) is 2.39. The zero-order valence-corrected chi connectivity index (χ0v) is 14.5. The first-order valence-electron chi connectivity index (χ1n) is 10.5. The predicted molar refractivity (Wildman–Crippen MR) is 96.3 cm³/mol. The molecule has 7 atom stereocenters. The van der Waals surface area contributed by atoms with Crippen LogP contribution in [-0.2, 0) is 0 Å². The first-order chi connectivity index (χ1) is 11.4. The minimum Gasteiger partial charge on any atom is -0.0622 e. The number of rotatable bonds is 1. The zero-order chi connectivity index (χ0) is 15.2. The fourth-order valence-corrected chi connectivity index (χ4v) is 7.58. The Bertz CT molecular complexity index is 532. The number of hydrogen-bond acceptors (Lipinski definition) is 0. The molecular formula is C23H32. The fourth-order valence-electron chi connectivity index (χ4n) is 7.58. The van der Waals surface area contributed by atoms with Gasteiger partial charge in [-0.05, 0) is 79.1 Å². The molecule has 5 rings (SSSR count). The Morgan fingerprint density at radius 1 is 0.609 bits per heavy atom. The second-order valence-corrected chi connectivity index (χ2v) is 9.13. The number of benzene rings is 1. The van der Waals surface area contributed by atoms with E-state index in [-0.39, 0.29) is 0 Å². The lowest BCUT2D eigenvalue weighted by molar-refractivity contribution is -0.0333. The van der Waals surface area contributed by atoms with Gasteiger partial charge in [0.15, 0.2) is 0 Å². The van der Waals surface area contributed by atoms with Crippen molar-refractivity contribution in [1.82, 2.24) is 0 Å². The van der Waals surface area contributed by atoms with Gasteiger partial charge < -0.3 is 0 Å². The lowest BCUT2D eigenvalue weighted by atomic mass is 9.50. The van der Waals surface area contributed by atoms with Crippen molar-refractivity contribution in [2.75, 3.05) is 0 Å². The third-order valence-corrected chi connectivity index (χ3v) is 8.34. The van der Waals surface area contributed by atoms with Crippen molar-refractivity contribution < 1.29 is 0 Å². The highest BCUT2D eigenvalue weighted by molar-refractivity contribution is 5.23. The molecule has 0 unspecified atom stereocenters. The highest BCUT2D eigenvalue weighted by Gasteiger charge is 2.52. The van der Waals surface area contributed by atoms with E-state index in [9.17, 15) is 0 Å². The van der Waals surface area contributed by atoms with Crippen molar-refractivity contribution in [2.45, 2.75) is 70.1 Å². The van der Waals surface area contributed by atoms with Crippen LogP contribution in [0.5, 0.6) is 0 Å². The summed E-state index contributed by atoms with van der Waals surface area (Å²) in [6, 6.07) is 11.7. The molecule has 0 spiro atoms. The number of fused-ring (bicyclic) bond motifs is 5. The van der Waals surface area contributed by atoms with Crippen molar-refractivity contribution in [3.63, 3.8) is 0 Å². The summed E-state index contributed by atoms with van der Waals surface area (Å²) in [4.78, 5) is 0. The van der Waals surface area contributed by atoms with Crippen LogP contribution < -0.4 is 0 Å². The van der Waals surface area contributed by atoms with E-state index in [4.69, 9.17) is 0 Å². The summed E-state index contributed by atoms with van der Waals surface area (Å²) in [5.74, 6) is 7.27. The maximum Gasteiger partial charge on any atom is -0.0125 e. The molecule has 4 aliphatic carbocycles. The minimum absolute atomic E-state index is 0.881. The molecule has 4 fully saturated rings. The van der Waals surface area contributed by atoms with Gasteiger partial charge in [0.05, 0.1) is 0 Å². The molecule has 0 N–H and O–H groups in total. The SMILES string of the molecule is c1ccc([C@@H]2C[C@@H]3CCC[C@H]3[C@@H]3CC[C@H]4CCCC[C@@H]4[C@H]32)cc1. The van der Waals surface area contributed by atoms with E-state index in [1.165, 1.54) is 32.1 Å². The van der Waals surface area contributed by atoms with Gasteiger partial charge >= 0.3 is 0 Å². The van der Waals surface area contributed by atoms with E-state index < -0.39 is 0 Å². The molecule has 4 aliphatic rings. The molecule has 1 aromatic rings. The van der Waals surface area contributed by atoms with Crippen molar-refractivity contribution in [1.29, 1.82) is 0 Å². The topological polar surface area (TPSA) is 0 Å². The molecule has 23 heavy (non-hydrogen) atoms. The largest absolute Gasteiger partial charge is 0.0622 e. The quantitative estimate of drug-likeness (QED) is 0.561. The Balaban J connectivity index is 1.53. The Kier molecular flexibility index (Phi) is 3.76. The molecule has 0 heterocycles. The van der Waals surface area contributed by atoms with Crippen molar-refractivity contribution in [2.24, 2.45) is 35.5 Å². The first-order valence-corrected chi connectivity index (χ1v) is 10.5. The van der Waals surface area contributed by atoms with Crippen LogP contribution in [0.15, 0.2) is 30.3 Å². The Hall–Kier alpha value is -0.780. The lowest BCUT2D eigenvalue weighted by Gasteiger charge is -2.55. The molecule has 0 bridgehead atoms.